The minimum atomic E-state index is 0.0127. The standard InChI is InChI=1S/C18H19BrN2O2/c1-23-17-7-2-13-8-9-21(11-14(13)10-17)12-18(22)20-16-5-3-15(19)4-6-16/h2-7,10H,8-9,11-12H2,1H3,(H,20,22). The first-order chi connectivity index (χ1) is 11.1. The summed E-state index contributed by atoms with van der Waals surface area (Å²) in [6.07, 6.45) is 0.963. The fourth-order valence-electron chi connectivity index (χ4n) is 2.79. The van der Waals surface area contributed by atoms with E-state index in [2.05, 4.69) is 38.3 Å². The predicted molar refractivity (Wildman–Crippen MR) is 94.7 cm³/mol. The van der Waals surface area contributed by atoms with Gasteiger partial charge in [-0.15, -0.1) is 0 Å². The third kappa shape index (κ3) is 4.12. The Hall–Kier alpha value is -1.85. The fraction of sp³-hybridized carbons (Fsp3) is 0.278. The predicted octanol–water partition coefficient (Wildman–Crippen LogP) is 3.45. The molecule has 1 aliphatic heterocycles. The molecule has 0 unspecified atom stereocenters. The Kier molecular flexibility index (Phi) is 4.98. The van der Waals surface area contributed by atoms with Crippen molar-refractivity contribution in [3.8, 4) is 5.75 Å². The summed E-state index contributed by atoms with van der Waals surface area (Å²) in [5.41, 5.74) is 3.40. The van der Waals surface area contributed by atoms with Crippen LogP contribution in [-0.2, 0) is 17.8 Å². The van der Waals surface area contributed by atoms with Crippen LogP contribution in [0.1, 0.15) is 11.1 Å². The average molecular weight is 375 g/mol. The molecule has 2 aromatic carbocycles. The summed E-state index contributed by atoms with van der Waals surface area (Å²) in [6, 6.07) is 13.8. The number of carbonyl (C=O) groups is 1. The fourth-order valence-corrected chi connectivity index (χ4v) is 3.05. The number of anilines is 1. The maximum atomic E-state index is 12.2. The smallest absolute Gasteiger partial charge is 0.238 e. The number of nitrogens with one attached hydrogen (secondary N) is 1. The van der Waals surface area contributed by atoms with Gasteiger partial charge in [-0.25, -0.2) is 0 Å². The number of hydrogen-bond acceptors (Lipinski definition) is 3. The molecule has 120 valence electrons. The molecule has 0 atom stereocenters. The molecule has 0 saturated heterocycles. The van der Waals surface area contributed by atoms with Crippen LogP contribution in [0.4, 0.5) is 5.69 Å². The molecule has 1 amide bonds. The molecule has 0 spiro atoms. The van der Waals surface area contributed by atoms with Crippen molar-refractivity contribution in [2.24, 2.45) is 0 Å². The normalized spacial score (nSPS) is 14.2. The van der Waals surface area contributed by atoms with E-state index in [1.54, 1.807) is 7.11 Å². The van der Waals surface area contributed by atoms with Crippen LogP contribution in [0.3, 0.4) is 0 Å². The van der Waals surface area contributed by atoms with Crippen molar-refractivity contribution in [2.75, 3.05) is 25.5 Å². The van der Waals surface area contributed by atoms with E-state index in [4.69, 9.17) is 4.74 Å². The first kappa shape index (κ1) is 16.0. The maximum absolute atomic E-state index is 12.2. The van der Waals surface area contributed by atoms with Crippen LogP contribution >= 0.6 is 15.9 Å². The number of benzene rings is 2. The van der Waals surface area contributed by atoms with Gasteiger partial charge in [0.2, 0.25) is 5.91 Å². The van der Waals surface area contributed by atoms with Gasteiger partial charge in [0.25, 0.3) is 0 Å². The van der Waals surface area contributed by atoms with Gasteiger partial charge >= 0.3 is 0 Å². The number of fused-ring (bicyclic) bond motifs is 1. The highest BCUT2D eigenvalue weighted by molar-refractivity contribution is 9.10. The molecule has 5 heteroatoms. The molecule has 0 aliphatic carbocycles. The Morgan fingerprint density at radius 2 is 2.00 bits per heavy atom. The summed E-state index contributed by atoms with van der Waals surface area (Å²) in [7, 11) is 1.67. The van der Waals surface area contributed by atoms with Crippen molar-refractivity contribution in [2.45, 2.75) is 13.0 Å². The van der Waals surface area contributed by atoms with Crippen molar-refractivity contribution in [1.82, 2.24) is 4.90 Å². The number of hydrogen-bond donors (Lipinski definition) is 1. The van der Waals surface area contributed by atoms with Gasteiger partial charge in [-0.05, 0) is 53.9 Å². The van der Waals surface area contributed by atoms with Gasteiger partial charge in [0.1, 0.15) is 5.75 Å². The molecule has 2 aromatic rings. The van der Waals surface area contributed by atoms with Crippen molar-refractivity contribution in [3.05, 3.63) is 58.1 Å². The summed E-state index contributed by atoms with van der Waals surface area (Å²) in [5.74, 6) is 0.878. The van der Waals surface area contributed by atoms with Crippen molar-refractivity contribution >= 4 is 27.5 Å². The number of ether oxygens (including phenoxy) is 1. The highest BCUT2D eigenvalue weighted by Crippen LogP contribution is 2.23. The summed E-state index contributed by atoms with van der Waals surface area (Å²) in [6.45, 7) is 2.07. The van der Waals surface area contributed by atoms with Crippen LogP contribution in [0.5, 0.6) is 5.75 Å². The van der Waals surface area contributed by atoms with Crippen molar-refractivity contribution in [1.29, 1.82) is 0 Å². The molecule has 1 heterocycles. The molecule has 0 bridgehead atoms. The summed E-state index contributed by atoms with van der Waals surface area (Å²) in [5, 5.41) is 2.94. The second-order valence-corrected chi connectivity index (χ2v) is 6.57. The topological polar surface area (TPSA) is 41.6 Å². The molecule has 23 heavy (non-hydrogen) atoms. The molecule has 0 fully saturated rings. The van der Waals surface area contributed by atoms with Crippen LogP contribution in [0.2, 0.25) is 0 Å². The van der Waals surface area contributed by atoms with E-state index in [0.717, 1.165) is 35.4 Å². The summed E-state index contributed by atoms with van der Waals surface area (Å²) < 4.78 is 6.28. The van der Waals surface area contributed by atoms with Gasteiger partial charge in [-0.3, -0.25) is 9.69 Å². The first-order valence-corrected chi connectivity index (χ1v) is 8.37. The lowest BCUT2D eigenvalue weighted by Gasteiger charge is -2.28. The van der Waals surface area contributed by atoms with E-state index in [0.29, 0.717) is 6.54 Å². The Balaban J connectivity index is 1.60. The first-order valence-electron chi connectivity index (χ1n) is 7.57. The Labute approximate surface area is 144 Å². The number of rotatable bonds is 4. The minimum absolute atomic E-state index is 0.0127. The zero-order valence-corrected chi connectivity index (χ0v) is 14.6. The third-order valence-corrected chi connectivity index (χ3v) is 4.53. The lowest BCUT2D eigenvalue weighted by atomic mass is 9.99. The molecule has 0 radical (unpaired) electrons. The maximum Gasteiger partial charge on any atom is 0.238 e. The minimum Gasteiger partial charge on any atom is -0.497 e. The highest BCUT2D eigenvalue weighted by atomic mass is 79.9. The average Bonchev–Trinajstić information content (AvgIpc) is 2.56. The van der Waals surface area contributed by atoms with Gasteiger partial charge in [0.05, 0.1) is 13.7 Å². The summed E-state index contributed by atoms with van der Waals surface area (Å²) >= 11 is 3.39. The van der Waals surface area contributed by atoms with E-state index in [1.807, 2.05) is 30.3 Å². The molecule has 0 saturated carbocycles. The SMILES string of the molecule is COc1ccc2c(c1)CN(CC(=O)Nc1ccc(Br)cc1)CC2. The molecule has 4 nitrogen and oxygen atoms in total. The van der Waals surface area contributed by atoms with Gasteiger partial charge in [-0.2, -0.15) is 0 Å². The van der Waals surface area contributed by atoms with Gasteiger partial charge in [0, 0.05) is 23.2 Å². The summed E-state index contributed by atoms with van der Waals surface area (Å²) in [4.78, 5) is 14.4. The van der Waals surface area contributed by atoms with Gasteiger partial charge in [-0.1, -0.05) is 22.0 Å². The van der Waals surface area contributed by atoms with Crippen LogP contribution in [0.25, 0.3) is 0 Å². The van der Waals surface area contributed by atoms with E-state index in [1.165, 1.54) is 11.1 Å². The number of amides is 1. The van der Waals surface area contributed by atoms with E-state index in [9.17, 15) is 4.79 Å². The third-order valence-electron chi connectivity index (χ3n) is 4.00. The van der Waals surface area contributed by atoms with Crippen molar-refractivity contribution in [3.63, 3.8) is 0 Å². The largest absolute Gasteiger partial charge is 0.497 e. The second kappa shape index (κ2) is 7.15. The Morgan fingerprint density at radius 3 is 2.74 bits per heavy atom. The van der Waals surface area contributed by atoms with E-state index in [-0.39, 0.29) is 5.91 Å². The van der Waals surface area contributed by atoms with Crippen LogP contribution in [0.15, 0.2) is 46.9 Å². The lowest BCUT2D eigenvalue weighted by Crippen LogP contribution is -2.37. The zero-order valence-electron chi connectivity index (χ0n) is 13.0. The number of methoxy groups -OCH3 is 1. The van der Waals surface area contributed by atoms with Crippen molar-refractivity contribution < 1.29 is 9.53 Å². The van der Waals surface area contributed by atoms with Crippen LogP contribution in [-0.4, -0.2) is 31.0 Å². The van der Waals surface area contributed by atoms with E-state index < -0.39 is 0 Å². The van der Waals surface area contributed by atoms with Gasteiger partial charge in [0.15, 0.2) is 0 Å². The molecule has 1 aliphatic rings. The molecule has 0 aromatic heterocycles. The Morgan fingerprint density at radius 1 is 1.22 bits per heavy atom. The molecule has 3 rings (SSSR count). The highest BCUT2D eigenvalue weighted by Gasteiger charge is 2.19. The monoisotopic (exact) mass is 374 g/mol. The quantitative estimate of drug-likeness (QED) is 0.890. The lowest BCUT2D eigenvalue weighted by molar-refractivity contribution is -0.117. The second-order valence-electron chi connectivity index (χ2n) is 5.65. The zero-order chi connectivity index (χ0) is 16.2. The molecule has 1 N–H and O–H groups in total. The Bertz CT molecular complexity index is 701. The van der Waals surface area contributed by atoms with Crippen LogP contribution < -0.4 is 10.1 Å². The molecular weight excluding hydrogens is 356 g/mol. The number of carbonyl (C=O) groups excluding carboxylic acids is 1. The number of halogens is 1. The number of nitrogens with zero attached hydrogens (tertiary/aromatic N) is 1. The van der Waals surface area contributed by atoms with Crippen LogP contribution in [0, 0.1) is 0 Å². The van der Waals surface area contributed by atoms with E-state index >= 15 is 0 Å². The molecular formula is C18H19BrN2O2. The van der Waals surface area contributed by atoms with Gasteiger partial charge < -0.3 is 10.1 Å².